The second kappa shape index (κ2) is 4.77. The Labute approximate surface area is 91.6 Å². The molecule has 1 unspecified atom stereocenters. The first kappa shape index (κ1) is 10.7. The van der Waals surface area contributed by atoms with Crippen molar-refractivity contribution in [2.45, 2.75) is 26.4 Å². The zero-order valence-electron chi connectivity index (χ0n) is 9.55. The van der Waals surface area contributed by atoms with E-state index in [1.54, 1.807) is 0 Å². The highest BCUT2D eigenvalue weighted by Gasteiger charge is 2.14. The van der Waals surface area contributed by atoms with Gasteiger partial charge >= 0.3 is 0 Å². The molecule has 15 heavy (non-hydrogen) atoms. The van der Waals surface area contributed by atoms with E-state index in [-0.39, 0.29) is 0 Å². The monoisotopic (exact) mass is 205 g/mol. The van der Waals surface area contributed by atoms with Crippen molar-refractivity contribution in [3.63, 3.8) is 0 Å². The van der Waals surface area contributed by atoms with E-state index in [1.807, 2.05) is 0 Å². The van der Waals surface area contributed by atoms with Crippen molar-refractivity contribution in [2.75, 3.05) is 19.7 Å². The quantitative estimate of drug-likeness (QED) is 0.795. The van der Waals surface area contributed by atoms with Gasteiger partial charge in [0, 0.05) is 19.5 Å². The van der Waals surface area contributed by atoms with Gasteiger partial charge in [-0.3, -0.25) is 0 Å². The molecule has 1 aromatic rings. The Morgan fingerprint density at radius 3 is 3.00 bits per heavy atom. The number of hydrogen-bond acceptors (Lipinski definition) is 2. The van der Waals surface area contributed by atoms with Gasteiger partial charge in [-0.05, 0) is 30.5 Å². The molecule has 1 atom stereocenters. The van der Waals surface area contributed by atoms with Crippen LogP contribution in [0.2, 0.25) is 0 Å². The maximum absolute atomic E-state index is 5.71. The average molecular weight is 205 g/mol. The lowest BCUT2D eigenvalue weighted by molar-refractivity contribution is 0.0291. The summed E-state index contributed by atoms with van der Waals surface area (Å²) >= 11 is 0. The fourth-order valence-corrected chi connectivity index (χ4v) is 2.03. The lowest BCUT2D eigenvalue weighted by atomic mass is 9.98. The molecule has 0 aliphatic carbocycles. The summed E-state index contributed by atoms with van der Waals surface area (Å²) in [5, 5.41) is 3.36. The summed E-state index contributed by atoms with van der Waals surface area (Å²) in [5.41, 5.74) is 4.20. The van der Waals surface area contributed by atoms with Crippen molar-refractivity contribution >= 4 is 0 Å². The molecule has 1 saturated heterocycles. The van der Waals surface area contributed by atoms with Crippen LogP contribution in [0, 0.1) is 13.8 Å². The molecule has 1 aromatic carbocycles. The molecule has 1 aliphatic heterocycles. The summed E-state index contributed by atoms with van der Waals surface area (Å²) in [4.78, 5) is 0. The smallest absolute Gasteiger partial charge is 0.0740 e. The maximum Gasteiger partial charge on any atom is 0.0740 e. The summed E-state index contributed by atoms with van der Waals surface area (Å²) in [5.74, 6) is 0. The number of hydrogen-bond donors (Lipinski definition) is 1. The highest BCUT2D eigenvalue weighted by atomic mass is 16.5. The van der Waals surface area contributed by atoms with Crippen LogP contribution in [0.3, 0.4) is 0 Å². The standard InChI is InChI=1S/C13H19NO/c1-10-4-3-5-12(11(10)2)8-13-9-14-6-7-15-13/h3-5,13-14H,6-9H2,1-2H3. The Balaban J connectivity index is 2.06. The van der Waals surface area contributed by atoms with Gasteiger partial charge in [-0.2, -0.15) is 0 Å². The second-order valence-corrected chi connectivity index (χ2v) is 4.26. The van der Waals surface area contributed by atoms with E-state index < -0.39 is 0 Å². The van der Waals surface area contributed by atoms with Crippen LogP contribution in [0.4, 0.5) is 0 Å². The third kappa shape index (κ3) is 2.58. The van der Waals surface area contributed by atoms with E-state index in [1.165, 1.54) is 16.7 Å². The maximum atomic E-state index is 5.71. The number of rotatable bonds is 2. The molecule has 1 aliphatic rings. The fourth-order valence-electron chi connectivity index (χ4n) is 2.03. The van der Waals surface area contributed by atoms with Gasteiger partial charge in [0.15, 0.2) is 0 Å². The van der Waals surface area contributed by atoms with Crippen LogP contribution in [0.25, 0.3) is 0 Å². The first-order valence-electron chi connectivity index (χ1n) is 5.65. The number of ether oxygens (including phenoxy) is 1. The first-order valence-corrected chi connectivity index (χ1v) is 5.65. The van der Waals surface area contributed by atoms with E-state index in [2.05, 4.69) is 37.4 Å². The van der Waals surface area contributed by atoms with Crippen LogP contribution in [0.1, 0.15) is 16.7 Å². The molecule has 2 nitrogen and oxygen atoms in total. The van der Waals surface area contributed by atoms with Gasteiger partial charge in [0.25, 0.3) is 0 Å². The zero-order valence-corrected chi connectivity index (χ0v) is 9.55. The second-order valence-electron chi connectivity index (χ2n) is 4.26. The number of nitrogens with one attached hydrogen (secondary N) is 1. The van der Waals surface area contributed by atoms with Crippen molar-refractivity contribution in [1.29, 1.82) is 0 Å². The molecule has 0 aromatic heterocycles. The van der Waals surface area contributed by atoms with Crippen molar-refractivity contribution in [3.05, 3.63) is 34.9 Å². The van der Waals surface area contributed by atoms with Crippen LogP contribution < -0.4 is 5.32 Å². The topological polar surface area (TPSA) is 21.3 Å². The van der Waals surface area contributed by atoms with Gasteiger partial charge in [-0.1, -0.05) is 18.2 Å². The SMILES string of the molecule is Cc1cccc(CC2CNCCO2)c1C. The largest absolute Gasteiger partial charge is 0.375 e. The van der Waals surface area contributed by atoms with Gasteiger partial charge in [0.05, 0.1) is 12.7 Å². The Bertz CT molecular complexity index is 329. The Hall–Kier alpha value is -0.860. The van der Waals surface area contributed by atoms with E-state index in [4.69, 9.17) is 4.74 Å². The van der Waals surface area contributed by atoms with Crippen LogP contribution in [0.15, 0.2) is 18.2 Å². The molecule has 1 fully saturated rings. The summed E-state index contributed by atoms with van der Waals surface area (Å²) in [6, 6.07) is 6.51. The molecule has 2 rings (SSSR count). The molecule has 82 valence electrons. The number of aryl methyl sites for hydroxylation is 1. The Morgan fingerprint density at radius 2 is 2.27 bits per heavy atom. The van der Waals surface area contributed by atoms with Crippen molar-refractivity contribution < 1.29 is 4.74 Å². The summed E-state index contributed by atoms with van der Waals surface area (Å²) in [6.07, 6.45) is 1.37. The average Bonchev–Trinajstić information content (AvgIpc) is 2.26. The van der Waals surface area contributed by atoms with E-state index in [0.717, 1.165) is 26.1 Å². The summed E-state index contributed by atoms with van der Waals surface area (Å²) in [6.45, 7) is 7.17. The molecule has 2 heteroatoms. The molecule has 0 spiro atoms. The van der Waals surface area contributed by atoms with Gasteiger partial charge in [0.2, 0.25) is 0 Å². The van der Waals surface area contributed by atoms with Crippen LogP contribution in [-0.4, -0.2) is 25.8 Å². The molecule has 1 N–H and O–H groups in total. The summed E-state index contributed by atoms with van der Waals surface area (Å²) in [7, 11) is 0. The minimum absolute atomic E-state index is 0.347. The molecule has 0 saturated carbocycles. The predicted molar refractivity (Wildman–Crippen MR) is 62.2 cm³/mol. The van der Waals surface area contributed by atoms with Crippen molar-refractivity contribution in [2.24, 2.45) is 0 Å². The molecular weight excluding hydrogens is 186 g/mol. The highest BCUT2D eigenvalue weighted by Crippen LogP contribution is 2.16. The van der Waals surface area contributed by atoms with E-state index >= 15 is 0 Å². The van der Waals surface area contributed by atoms with Gasteiger partial charge < -0.3 is 10.1 Å². The summed E-state index contributed by atoms with van der Waals surface area (Å²) < 4.78 is 5.71. The predicted octanol–water partition coefficient (Wildman–Crippen LogP) is 1.83. The lowest BCUT2D eigenvalue weighted by Gasteiger charge is -2.24. The van der Waals surface area contributed by atoms with Gasteiger partial charge in [-0.15, -0.1) is 0 Å². The number of benzene rings is 1. The van der Waals surface area contributed by atoms with E-state index in [0.29, 0.717) is 6.10 Å². The minimum Gasteiger partial charge on any atom is -0.375 e. The first-order chi connectivity index (χ1) is 7.27. The normalized spacial score (nSPS) is 21.6. The van der Waals surface area contributed by atoms with Gasteiger partial charge in [-0.25, -0.2) is 0 Å². The minimum atomic E-state index is 0.347. The molecule has 0 radical (unpaired) electrons. The van der Waals surface area contributed by atoms with Crippen molar-refractivity contribution in [3.8, 4) is 0 Å². The fraction of sp³-hybridized carbons (Fsp3) is 0.538. The highest BCUT2D eigenvalue weighted by molar-refractivity contribution is 5.33. The Kier molecular flexibility index (Phi) is 3.39. The molecule has 0 amide bonds. The Morgan fingerprint density at radius 1 is 1.40 bits per heavy atom. The van der Waals surface area contributed by atoms with Crippen molar-refractivity contribution in [1.82, 2.24) is 5.32 Å². The van der Waals surface area contributed by atoms with Crippen LogP contribution in [0.5, 0.6) is 0 Å². The lowest BCUT2D eigenvalue weighted by Crippen LogP contribution is -2.39. The number of morpholine rings is 1. The molecule has 0 bridgehead atoms. The third-order valence-electron chi connectivity index (χ3n) is 3.17. The van der Waals surface area contributed by atoms with Crippen LogP contribution >= 0.6 is 0 Å². The van der Waals surface area contributed by atoms with E-state index in [9.17, 15) is 0 Å². The van der Waals surface area contributed by atoms with Gasteiger partial charge in [0.1, 0.15) is 0 Å². The van der Waals surface area contributed by atoms with Crippen LogP contribution in [-0.2, 0) is 11.2 Å². The molecular formula is C13H19NO. The molecule has 1 heterocycles. The zero-order chi connectivity index (χ0) is 10.7. The third-order valence-corrected chi connectivity index (χ3v) is 3.17.